The van der Waals surface area contributed by atoms with Crippen LogP contribution in [-0.4, -0.2) is 23.5 Å². The first kappa shape index (κ1) is 20.5. The Morgan fingerprint density at radius 1 is 0.969 bits per heavy atom. The molecular weight excluding hydrogens is 416 g/mol. The Bertz CT molecular complexity index is 1220. The normalized spacial score (nSPS) is 15.3. The van der Waals surface area contributed by atoms with Gasteiger partial charge in [-0.1, -0.05) is 60.7 Å². The van der Waals surface area contributed by atoms with Crippen molar-refractivity contribution in [3.8, 4) is 17.0 Å². The molecule has 160 valence electrons. The van der Waals surface area contributed by atoms with Gasteiger partial charge in [-0.25, -0.2) is 4.98 Å². The SMILES string of the molecule is CC1Oc2ccc(-c3csc(Cc4ccccc4)n3)cc2N(CCc2ccccc2)C1=O. The van der Waals surface area contributed by atoms with E-state index in [0.717, 1.165) is 40.5 Å². The van der Waals surface area contributed by atoms with Gasteiger partial charge in [-0.05, 0) is 42.7 Å². The third kappa shape index (κ3) is 4.30. The molecule has 1 aliphatic heterocycles. The molecule has 0 saturated carbocycles. The number of carbonyl (C=O) groups excluding carboxylic acids is 1. The Balaban J connectivity index is 1.41. The van der Waals surface area contributed by atoms with Gasteiger partial charge >= 0.3 is 0 Å². The molecule has 32 heavy (non-hydrogen) atoms. The molecule has 2 heterocycles. The zero-order valence-electron chi connectivity index (χ0n) is 17.9. The van der Waals surface area contributed by atoms with Crippen LogP contribution in [0.3, 0.4) is 0 Å². The lowest BCUT2D eigenvalue weighted by Crippen LogP contribution is -2.45. The summed E-state index contributed by atoms with van der Waals surface area (Å²) in [5.74, 6) is 0.738. The third-order valence-corrected chi connectivity index (χ3v) is 6.53. The molecule has 3 aromatic carbocycles. The first-order chi connectivity index (χ1) is 15.7. The van der Waals surface area contributed by atoms with Gasteiger partial charge < -0.3 is 9.64 Å². The molecule has 5 heteroatoms. The van der Waals surface area contributed by atoms with Crippen molar-refractivity contribution in [2.75, 3.05) is 11.4 Å². The maximum Gasteiger partial charge on any atom is 0.267 e. The second kappa shape index (κ2) is 8.97. The Kier molecular flexibility index (Phi) is 5.73. The lowest BCUT2D eigenvalue weighted by atomic mass is 10.1. The van der Waals surface area contributed by atoms with Gasteiger partial charge in [0, 0.05) is 23.9 Å². The number of thiazole rings is 1. The van der Waals surface area contributed by atoms with Crippen LogP contribution in [0.25, 0.3) is 11.3 Å². The van der Waals surface area contributed by atoms with Crippen molar-refractivity contribution in [3.05, 3.63) is 100 Å². The van der Waals surface area contributed by atoms with Gasteiger partial charge in [0.15, 0.2) is 6.10 Å². The van der Waals surface area contributed by atoms with Crippen molar-refractivity contribution >= 4 is 22.9 Å². The van der Waals surface area contributed by atoms with Gasteiger partial charge in [0.2, 0.25) is 0 Å². The Morgan fingerprint density at radius 3 is 2.44 bits per heavy atom. The van der Waals surface area contributed by atoms with Crippen molar-refractivity contribution in [1.29, 1.82) is 0 Å². The summed E-state index contributed by atoms with van der Waals surface area (Å²) in [6, 6.07) is 26.6. The maximum absolute atomic E-state index is 13.0. The molecule has 1 unspecified atom stereocenters. The van der Waals surface area contributed by atoms with E-state index < -0.39 is 6.10 Å². The zero-order chi connectivity index (χ0) is 21.9. The molecule has 1 aromatic heterocycles. The van der Waals surface area contributed by atoms with Crippen LogP contribution < -0.4 is 9.64 Å². The van der Waals surface area contributed by atoms with Crippen molar-refractivity contribution < 1.29 is 9.53 Å². The van der Waals surface area contributed by atoms with E-state index in [4.69, 9.17) is 9.72 Å². The Morgan fingerprint density at radius 2 is 1.69 bits per heavy atom. The first-order valence-electron chi connectivity index (χ1n) is 10.8. The molecule has 4 aromatic rings. The van der Waals surface area contributed by atoms with E-state index in [0.29, 0.717) is 6.54 Å². The predicted molar refractivity (Wildman–Crippen MR) is 129 cm³/mol. The van der Waals surface area contributed by atoms with Gasteiger partial charge in [0.1, 0.15) is 5.75 Å². The Labute approximate surface area is 192 Å². The summed E-state index contributed by atoms with van der Waals surface area (Å²) in [6.45, 7) is 2.42. The number of benzene rings is 3. The van der Waals surface area contributed by atoms with Crippen LogP contribution in [0.4, 0.5) is 5.69 Å². The highest BCUT2D eigenvalue weighted by Crippen LogP contribution is 2.38. The van der Waals surface area contributed by atoms with Crippen LogP contribution in [0, 0.1) is 0 Å². The number of nitrogens with zero attached hydrogens (tertiary/aromatic N) is 2. The summed E-state index contributed by atoms with van der Waals surface area (Å²) in [7, 11) is 0. The van der Waals surface area contributed by atoms with Gasteiger partial charge in [0.25, 0.3) is 5.91 Å². The van der Waals surface area contributed by atoms with Crippen molar-refractivity contribution in [3.63, 3.8) is 0 Å². The minimum atomic E-state index is -0.485. The van der Waals surface area contributed by atoms with E-state index in [1.807, 2.05) is 54.3 Å². The number of rotatable bonds is 6. The molecule has 0 bridgehead atoms. The minimum Gasteiger partial charge on any atom is -0.479 e. The third-order valence-electron chi connectivity index (χ3n) is 5.68. The summed E-state index contributed by atoms with van der Waals surface area (Å²) in [4.78, 5) is 19.7. The number of hydrogen-bond acceptors (Lipinski definition) is 4. The predicted octanol–water partition coefficient (Wildman–Crippen LogP) is 5.76. The van der Waals surface area contributed by atoms with E-state index in [2.05, 4.69) is 41.8 Å². The van der Waals surface area contributed by atoms with E-state index in [9.17, 15) is 4.79 Å². The van der Waals surface area contributed by atoms with E-state index >= 15 is 0 Å². The summed E-state index contributed by atoms with van der Waals surface area (Å²) in [5, 5.41) is 3.16. The number of fused-ring (bicyclic) bond motifs is 1. The first-order valence-corrected chi connectivity index (χ1v) is 11.7. The van der Waals surface area contributed by atoms with Gasteiger partial charge in [0.05, 0.1) is 16.4 Å². The maximum atomic E-state index is 13.0. The average molecular weight is 441 g/mol. The quantitative estimate of drug-likeness (QED) is 0.383. The molecule has 0 radical (unpaired) electrons. The smallest absolute Gasteiger partial charge is 0.267 e. The van der Waals surface area contributed by atoms with Crippen LogP contribution in [0.15, 0.2) is 84.2 Å². The van der Waals surface area contributed by atoms with E-state index in [-0.39, 0.29) is 5.91 Å². The zero-order valence-corrected chi connectivity index (χ0v) is 18.7. The topological polar surface area (TPSA) is 42.4 Å². The molecule has 1 aliphatic rings. The summed E-state index contributed by atoms with van der Waals surface area (Å²) in [5.41, 5.74) is 5.20. The second-order valence-corrected chi connectivity index (χ2v) is 8.90. The van der Waals surface area contributed by atoms with Crippen LogP contribution in [0.1, 0.15) is 23.1 Å². The molecule has 5 rings (SSSR count). The molecule has 4 nitrogen and oxygen atoms in total. The average Bonchev–Trinajstić information content (AvgIpc) is 3.29. The molecule has 0 aliphatic carbocycles. The van der Waals surface area contributed by atoms with Crippen LogP contribution >= 0.6 is 11.3 Å². The largest absolute Gasteiger partial charge is 0.479 e. The lowest BCUT2D eigenvalue weighted by Gasteiger charge is -2.33. The molecular formula is C27H24N2O2S. The minimum absolute atomic E-state index is 0.00590. The fourth-order valence-corrected chi connectivity index (χ4v) is 4.82. The van der Waals surface area contributed by atoms with Crippen molar-refractivity contribution in [1.82, 2.24) is 4.98 Å². The summed E-state index contributed by atoms with van der Waals surface area (Å²) >= 11 is 1.66. The highest BCUT2D eigenvalue weighted by Gasteiger charge is 2.31. The number of ether oxygens (including phenoxy) is 1. The van der Waals surface area contributed by atoms with Gasteiger partial charge in [-0.3, -0.25) is 4.79 Å². The van der Waals surface area contributed by atoms with Gasteiger partial charge in [-0.15, -0.1) is 11.3 Å². The number of carbonyl (C=O) groups is 1. The monoisotopic (exact) mass is 440 g/mol. The fourth-order valence-electron chi connectivity index (χ4n) is 3.98. The molecule has 1 amide bonds. The highest BCUT2D eigenvalue weighted by atomic mass is 32.1. The van der Waals surface area contributed by atoms with E-state index in [1.165, 1.54) is 11.1 Å². The molecule has 0 spiro atoms. The van der Waals surface area contributed by atoms with Crippen molar-refractivity contribution in [2.45, 2.75) is 25.9 Å². The highest BCUT2D eigenvalue weighted by molar-refractivity contribution is 7.10. The number of aromatic nitrogens is 1. The standard InChI is InChI=1S/C27H24N2O2S/c1-19-27(30)29(15-14-20-8-4-2-5-9-20)24-17-22(12-13-25(24)31-19)23-18-32-26(28-23)16-21-10-6-3-7-11-21/h2-13,17-19H,14-16H2,1H3. The number of amides is 1. The van der Waals surface area contributed by atoms with Crippen LogP contribution in [0.2, 0.25) is 0 Å². The summed E-state index contributed by atoms with van der Waals surface area (Å²) in [6.07, 6.45) is 1.13. The fraction of sp³-hybridized carbons (Fsp3) is 0.185. The molecule has 1 atom stereocenters. The molecule has 0 fully saturated rings. The molecule has 0 saturated heterocycles. The number of hydrogen-bond donors (Lipinski definition) is 0. The van der Waals surface area contributed by atoms with Crippen molar-refractivity contribution in [2.24, 2.45) is 0 Å². The summed E-state index contributed by atoms with van der Waals surface area (Å²) < 4.78 is 5.89. The van der Waals surface area contributed by atoms with Crippen LogP contribution in [-0.2, 0) is 17.6 Å². The Hall–Kier alpha value is -3.44. The second-order valence-electron chi connectivity index (χ2n) is 7.96. The number of anilines is 1. The molecule has 0 N–H and O–H groups in total. The van der Waals surface area contributed by atoms with Crippen LogP contribution in [0.5, 0.6) is 5.75 Å². The van der Waals surface area contributed by atoms with E-state index in [1.54, 1.807) is 11.3 Å². The lowest BCUT2D eigenvalue weighted by molar-refractivity contribution is -0.125. The van der Waals surface area contributed by atoms with Gasteiger partial charge in [-0.2, -0.15) is 0 Å².